The monoisotopic (exact) mass is 292 g/mol. The topological polar surface area (TPSA) is 67.2 Å². The highest BCUT2D eigenvalue weighted by atomic mass is 16.2. The minimum absolute atomic E-state index is 0.0583. The van der Waals surface area contributed by atoms with E-state index < -0.39 is 5.54 Å². The number of carbonyl (C=O) groups is 2. The lowest BCUT2D eigenvalue weighted by atomic mass is 9.92. The van der Waals surface area contributed by atoms with Crippen LogP contribution in [0.2, 0.25) is 0 Å². The zero-order chi connectivity index (χ0) is 15.6. The Labute approximate surface area is 125 Å². The van der Waals surface area contributed by atoms with Gasteiger partial charge in [0.05, 0.1) is 18.8 Å². The van der Waals surface area contributed by atoms with Gasteiger partial charge < -0.3 is 10.2 Å². The molecule has 1 saturated heterocycles. The molecule has 0 saturated carbocycles. The van der Waals surface area contributed by atoms with Crippen molar-refractivity contribution in [1.29, 1.82) is 0 Å². The van der Waals surface area contributed by atoms with Crippen molar-refractivity contribution in [1.82, 2.24) is 20.0 Å². The second-order valence-electron chi connectivity index (χ2n) is 5.83. The van der Waals surface area contributed by atoms with Crippen LogP contribution in [0.4, 0.5) is 0 Å². The minimum Gasteiger partial charge on any atom is -0.345 e. The first-order valence-electron chi connectivity index (χ1n) is 7.55. The van der Waals surface area contributed by atoms with Gasteiger partial charge in [0.25, 0.3) is 0 Å². The van der Waals surface area contributed by atoms with E-state index >= 15 is 0 Å². The summed E-state index contributed by atoms with van der Waals surface area (Å²) in [7, 11) is 0. The van der Waals surface area contributed by atoms with Gasteiger partial charge in [-0.25, -0.2) is 0 Å². The molecule has 0 spiro atoms. The molecular formula is C15H24N4O2. The van der Waals surface area contributed by atoms with Gasteiger partial charge in [-0.3, -0.25) is 14.3 Å². The molecule has 1 fully saturated rings. The second kappa shape index (κ2) is 5.87. The maximum Gasteiger partial charge on any atom is 0.246 e. The predicted molar refractivity (Wildman–Crippen MR) is 79.5 cm³/mol. The summed E-state index contributed by atoms with van der Waals surface area (Å²) in [5.41, 5.74) is 0.0215. The van der Waals surface area contributed by atoms with Crippen LogP contribution in [-0.4, -0.2) is 38.6 Å². The van der Waals surface area contributed by atoms with Crippen molar-refractivity contribution in [3.63, 3.8) is 0 Å². The van der Waals surface area contributed by atoms with E-state index in [9.17, 15) is 9.59 Å². The molecule has 21 heavy (non-hydrogen) atoms. The largest absolute Gasteiger partial charge is 0.345 e. The van der Waals surface area contributed by atoms with E-state index in [0.717, 1.165) is 12.1 Å². The third-order valence-electron chi connectivity index (χ3n) is 4.50. The molecule has 2 heterocycles. The standard InChI is InChI=1S/C15H24N4O2/c1-5-11(3)19-8-7-12(17-19)10-18-13(20)9-16-14(21)15(18,4)6-2/h7-8,11H,5-6,9-10H2,1-4H3,(H,16,21). The first-order chi connectivity index (χ1) is 9.92. The Morgan fingerprint density at radius 3 is 2.76 bits per heavy atom. The summed E-state index contributed by atoms with van der Waals surface area (Å²) in [5.74, 6) is -0.150. The first-order valence-corrected chi connectivity index (χ1v) is 7.55. The van der Waals surface area contributed by atoms with Gasteiger partial charge in [-0.1, -0.05) is 13.8 Å². The van der Waals surface area contributed by atoms with Gasteiger partial charge in [-0.15, -0.1) is 0 Å². The highest BCUT2D eigenvalue weighted by Crippen LogP contribution is 2.25. The number of nitrogens with zero attached hydrogens (tertiary/aromatic N) is 3. The molecule has 1 aliphatic heterocycles. The molecule has 1 N–H and O–H groups in total. The molecule has 1 aromatic rings. The van der Waals surface area contributed by atoms with E-state index in [2.05, 4.69) is 24.3 Å². The van der Waals surface area contributed by atoms with Crippen molar-refractivity contribution >= 4 is 11.8 Å². The van der Waals surface area contributed by atoms with E-state index in [1.54, 1.807) is 4.90 Å². The molecule has 6 nitrogen and oxygen atoms in total. The van der Waals surface area contributed by atoms with Crippen LogP contribution in [0.15, 0.2) is 12.3 Å². The summed E-state index contributed by atoms with van der Waals surface area (Å²) in [6, 6.07) is 2.25. The second-order valence-corrected chi connectivity index (χ2v) is 5.83. The molecule has 1 aromatic heterocycles. The van der Waals surface area contributed by atoms with E-state index in [4.69, 9.17) is 0 Å². The zero-order valence-corrected chi connectivity index (χ0v) is 13.2. The average molecular weight is 292 g/mol. The summed E-state index contributed by atoms with van der Waals surface area (Å²) < 4.78 is 1.91. The van der Waals surface area contributed by atoms with Crippen LogP contribution in [0.25, 0.3) is 0 Å². The number of carbonyl (C=O) groups excluding carboxylic acids is 2. The fourth-order valence-corrected chi connectivity index (χ4v) is 2.51. The smallest absolute Gasteiger partial charge is 0.246 e. The predicted octanol–water partition coefficient (Wildman–Crippen LogP) is 1.48. The Balaban J connectivity index is 2.21. The fraction of sp³-hybridized carbons (Fsp3) is 0.667. The van der Waals surface area contributed by atoms with Gasteiger partial charge in [0.2, 0.25) is 11.8 Å². The van der Waals surface area contributed by atoms with E-state index in [0.29, 0.717) is 19.0 Å². The number of nitrogens with one attached hydrogen (secondary N) is 1. The molecule has 0 aliphatic carbocycles. The van der Waals surface area contributed by atoms with E-state index in [1.807, 2.05) is 30.8 Å². The molecule has 1 aliphatic rings. The number of amides is 2. The van der Waals surface area contributed by atoms with Gasteiger partial charge in [0.15, 0.2) is 0 Å². The number of piperazine rings is 1. The Bertz CT molecular complexity index is 540. The molecular weight excluding hydrogens is 268 g/mol. The summed E-state index contributed by atoms with van der Waals surface area (Å²) in [6.45, 7) is 8.39. The summed E-state index contributed by atoms with van der Waals surface area (Å²) in [6.07, 6.45) is 3.51. The molecule has 2 amide bonds. The number of hydrogen-bond acceptors (Lipinski definition) is 3. The summed E-state index contributed by atoms with van der Waals surface area (Å²) in [4.78, 5) is 26.0. The maximum absolute atomic E-state index is 12.2. The molecule has 2 rings (SSSR count). The lowest BCUT2D eigenvalue weighted by Gasteiger charge is -2.42. The molecule has 2 atom stereocenters. The van der Waals surface area contributed by atoms with E-state index in [-0.39, 0.29) is 18.4 Å². The third kappa shape index (κ3) is 2.80. The van der Waals surface area contributed by atoms with Crippen LogP contribution < -0.4 is 5.32 Å². The highest BCUT2D eigenvalue weighted by Gasteiger charge is 2.44. The first kappa shape index (κ1) is 15.5. The van der Waals surface area contributed by atoms with Gasteiger partial charge in [-0.05, 0) is 32.8 Å². The van der Waals surface area contributed by atoms with Gasteiger partial charge in [0, 0.05) is 12.2 Å². The zero-order valence-electron chi connectivity index (χ0n) is 13.2. The quantitative estimate of drug-likeness (QED) is 0.894. The summed E-state index contributed by atoms with van der Waals surface area (Å²) in [5, 5.41) is 7.19. The van der Waals surface area contributed by atoms with Gasteiger partial charge >= 0.3 is 0 Å². The maximum atomic E-state index is 12.2. The molecule has 0 radical (unpaired) electrons. The van der Waals surface area contributed by atoms with Crippen LogP contribution in [0.1, 0.15) is 52.3 Å². The van der Waals surface area contributed by atoms with Crippen LogP contribution in [-0.2, 0) is 16.1 Å². The SMILES string of the molecule is CCC(C)n1ccc(CN2C(=O)CNC(=O)C2(C)CC)n1. The lowest BCUT2D eigenvalue weighted by molar-refractivity contribution is -0.153. The minimum atomic E-state index is -0.796. The molecule has 6 heteroatoms. The van der Waals surface area contributed by atoms with Crippen LogP contribution in [0, 0.1) is 0 Å². The average Bonchev–Trinajstić information content (AvgIpc) is 2.95. The normalized spacial score (nSPS) is 24.1. The number of rotatable bonds is 5. The van der Waals surface area contributed by atoms with E-state index in [1.165, 1.54) is 0 Å². The van der Waals surface area contributed by atoms with Crippen molar-refractivity contribution in [2.24, 2.45) is 0 Å². The van der Waals surface area contributed by atoms with Crippen LogP contribution in [0.3, 0.4) is 0 Å². The molecule has 0 bridgehead atoms. The lowest BCUT2D eigenvalue weighted by Crippen LogP contribution is -2.65. The fourth-order valence-electron chi connectivity index (χ4n) is 2.51. The van der Waals surface area contributed by atoms with Crippen molar-refractivity contribution in [3.05, 3.63) is 18.0 Å². The van der Waals surface area contributed by atoms with Crippen molar-refractivity contribution in [3.8, 4) is 0 Å². The van der Waals surface area contributed by atoms with Crippen molar-refractivity contribution < 1.29 is 9.59 Å². The van der Waals surface area contributed by atoms with Gasteiger partial charge in [0.1, 0.15) is 5.54 Å². The van der Waals surface area contributed by atoms with Crippen LogP contribution >= 0.6 is 0 Å². The molecule has 0 aromatic carbocycles. The molecule has 2 unspecified atom stereocenters. The highest BCUT2D eigenvalue weighted by molar-refractivity contribution is 5.97. The number of hydrogen-bond donors (Lipinski definition) is 1. The third-order valence-corrected chi connectivity index (χ3v) is 4.50. The van der Waals surface area contributed by atoms with Crippen molar-refractivity contribution in [2.45, 2.75) is 58.7 Å². The Morgan fingerprint density at radius 2 is 2.14 bits per heavy atom. The Kier molecular flexibility index (Phi) is 4.34. The Hall–Kier alpha value is -1.85. The summed E-state index contributed by atoms with van der Waals surface area (Å²) >= 11 is 0. The van der Waals surface area contributed by atoms with Gasteiger partial charge in [-0.2, -0.15) is 5.10 Å². The Morgan fingerprint density at radius 1 is 1.43 bits per heavy atom. The van der Waals surface area contributed by atoms with Crippen LogP contribution in [0.5, 0.6) is 0 Å². The van der Waals surface area contributed by atoms with Crippen molar-refractivity contribution in [2.75, 3.05) is 6.54 Å². The molecule has 116 valence electrons. The number of aromatic nitrogens is 2.